The molecular formula is C23H17N3O6S. The Balaban J connectivity index is 1.70. The van der Waals surface area contributed by atoms with E-state index < -0.39 is 22.7 Å². The lowest BCUT2D eigenvalue weighted by Gasteiger charge is -2.22. The Kier molecular flexibility index (Phi) is 4.94. The summed E-state index contributed by atoms with van der Waals surface area (Å²) in [6, 6.07) is 9.66. The van der Waals surface area contributed by atoms with E-state index in [0.717, 1.165) is 16.9 Å². The molecule has 166 valence electrons. The van der Waals surface area contributed by atoms with Crippen LogP contribution < -0.4 is 9.64 Å². The van der Waals surface area contributed by atoms with Crippen molar-refractivity contribution in [2.45, 2.75) is 25.5 Å². The van der Waals surface area contributed by atoms with Gasteiger partial charge in [-0.2, -0.15) is 0 Å². The first kappa shape index (κ1) is 20.8. The number of nitrogens with zero attached hydrogens (tertiary/aromatic N) is 3. The standard InChI is InChI=1S/C23H17N3O6S/c1-12-9-15-10-14(5-6-17(15)32-12)20(27)18-19(13-3-2-4-16(11-13)26(30)31)25(22(29)21(18)28)23-24-7-8-33-23/h2-8,10-12,19,27H,9H2,1H3/t12-,19-/m0/s1. The molecule has 0 bridgehead atoms. The van der Waals surface area contributed by atoms with Crippen LogP contribution in [0.3, 0.4) is 0 Å². The molecule has 9 nitrogen and oxygen atoms in total. The van der Waals surface area contributed by atoms with E-state index in [1.54, 1.807) is 29.6 Å². The number of anilines is 1. The van der Waals surface area contributed by atoms with Crippen LogP contribution in [0, 0.1) is 10.1 Å². The van der Waals surface area contributed by atoms with Gasteiger partial charge in [0.2, 0.25) is 0 Å². The number of nitro benzene ring substituents is 1. The molecule has 0 spiro atoms. The number of ether oxygens (including phenoxy) is 1. The van der Waals surface area contributed by atoms with Gasteiger partial charge in [0.05, 0.1) is 16.5 Å². The molecule has 0 unspecified atom stereocenters. The van der Waals surface area contributed by atoms with Crippen LogP contribution in [0.25, 0.3) is 5.76 Å². The molecule has 1 fully saturated rings. The Morgan fingerprint density at radius 3 is 2.82 bits per heavy atom. The number of benzene rings is 2. The van der Waals surface area contributed by atoms with Crippen molar-refractivity contribution in [2.24, 2.45) is 0 Å². The zero-order valence-corrected chi connectivity index (χ0v) is 18.1. The number of aromatic nitrogens is 1. The number of rotatable bonds is 4. The lowest BCUT2D eigenvalue weighted by Crippen LogP contribution is -2.29. The average Bonchev–Trinajstić information content (AvgIpc) is 3.51. The summed E-state index contributed by atoms with van der Waals surface area (Å²) in [7, 11) is 0. The molecule has 1 N–H and O–H groups in total. The first-order valence-corrected chi connectivity index (χ1v) is 11.0. The van der Waals surface area contributed by atoms with E-state index in [4.69, 9.17) is 4.74 Å². The van der Waals surface area contributed by atoms with E-state index in [1.165, 1.54) is 29.3 Å². The van der Waals surface area contributed by atoms with Crippen LogP contribution in [0.2, 0.25) is 0 Å². The van der Waals surface area contributed by atoms with E-state index in [0.29, 0.717) is 23.3 Å². The van der Waals surface area contributed by atoms with Crippen molar-refractivity contribution in [3.8, 4) is 5.75 Å². The number of aliphatic hydroxyl groups is 1. The second-order valence-corrected chi connectivity index (χ2v) is 8.66. The molecule has 1 amide bonds. The largest absolute Gasteiger partial charge is 0.507 e. The van der Waals surface area contributed by atoms with Gasteiger partial charge in [0, 0.05) is 35.7 Å². The van der Waals surface area contributed by atoms with Gasteiger partial charge in [-0.3, -0.25) is 24.6 Å². The monoisotopic (exact) mass is 463 g/mol. The maximum absolute atomic E-state index is 13.1. The van der Waals surface area contributed by atoms with E-state index in [2.05, 4.69) is 4.98 Å². The van der Waals surface area contributed by atoms with Gasteiger partial charge in [0.25, 0.3) is 11.5 Å². The van der Waals surface area contributed by atoms with Gasteiger partial charge in [-0.05, 0) is 36.2 Å². The molecular weight excluding hydrogens is 446 g/mol. The molecule has 2 atom stereocenters. The average molecular weight is 463 g/mol. The maximum atomic E-state index is 13.1. The van der Waals surface area contributed by atoms with Crippen LogP contribution in [0.1, 0.15) is 29.7 Å². The molecule has 0 saturated carbocycles. The molecule has 1 saturated heterocycles. The Hall–Kier alpha value is -4.05. The smallest absolute Gasteiger partial charge is 0.301 e. The van der Waals surface area contributed by atoms with E-state index in [1.807, 2.05) is 6.92 Å². The number of amides is 1. The number of Topliss-reactive ketones (excluding diaryl/α,β-unsaturated/α-hetero) is 1. The summed E-state index contributed by atoms with van der Waals surface area (Å²) in [5.74, 6) is -1.39. The van der Waals surface area contributed by atoms with Crippen LogP contribution in [0.4, 0.5) is 10.8 Å². The Labute approximate surface area is 191 Å². The number of thiazole rings is 1. The lowest BCUT2D eigenvalue weighted by molar-refractivity contribution is -0.384. The molecule has 1 aromatic heterocycles. The summed E-state index contributed by atoms with van der Waals surface area (Å²) >= 11 is 1.15. The topological polar surface area (TPSA) is 123 Å². The highest BCUT2D eigenvalue weighted by Gasteiger charge is 2.48. The molecule has 0 radical (unpaired) electrons. The van der Waals surface area contributed by atoms with Gasteiger partial charge in [-0.15, -0.1) is 11.3 Å². The molecule has 2 aliphatic heterocycles. The minimum Gasteiger partial charge on any atom is -0.507 e. The normalized spacial score (nSPS) is 21.2. The van der Waals surface area contributed by atoms with Crippen LogP contribution in [-0.2, 0) is 16.0 Å². The second-order valence-electron chi connectivity index (χ2n) is 7.79. The summed E-state index contributed by atoms with van der Waals surface area (Å²) in [5, 5.41) is 24.5. The quantitative estimate of drug-likeness (QED) is 0.204. The third kappa shape index (κ3) is 3.44. The Morgan fingerprint density at radius 1 is 1.27 bits per heavy atom. The maximum Gasteiger partial charge on any atom is 0.301 e. The van der Waals surface area contributed by atoms with Crippen molar-refractivity contribution in [1.29, 1.82) is 0 Å². The number of fused-ring (bicyclic) bond motifs is 1. The molecule has 3 aromatic rings. The number of aliphatic hydroxyl groups excluding tert-OH is 1. The molecule has 33 heavy (non-hydrogen) atoms. The number of carbonyl (C=O) groups is 2. The molecule has 2 aromatic carbocycles. The highest BCUT2D eigenvalue weighted by molar-refractivity contribution is 7.14. The summed E-state index contributed by atoms with van der Waals surface area (Å²) in [6.07, 6.45) is 2.14. The number of hydrogen-bond donors (Lipinski definition) is 1. The van der Waals surface area contributed by atoms with Gasteiger partial charge < -0.3 is 9.84 Å². The predicted octanol–water partition coefficient (Wildman–Crippen LogP) is 4.00. The SMILES string of the molecule is C[C@H]1Cc2cc(C(O)=C3C(=O)C(=O)N(c4nccs4)[C@H]3c3cccc([N+](=O)[O-])c3)ccc2O1. The highest BCUT2D eigenvalue weighted by Crippen LogP contribution is 2.43. The first-order valence-electron chi connectivity index (χ1n) is 10.1. The summed E-state index contributed by atoms with van der Waals surface area (Å²) in [4.78, 5) is 42.3. The second kappa shape index (κ2) is 7.82. The fourth-order valence-electron chi connectivity index (χ4n) is 4.21. The first-order chi connectivity index (χ1) is 15.8. The highest BCUT2D eigenvalue weighted by atomic mass is 32.1. The van der Waals surface area contributed by atoms with Gasteiger partial charge in [-0.1, -0.05) is 12.1 Å². The number of non-ortho nitro benzene ring substituents is 1. The van der Waals surface area contributed by atoms with Gasteiger partial charge in [-0.25, -0.2) is 4.98 Å². The zero-order valence-electron chi connectivity index (χ0n) is 17.3. The predicted molar refractivity (Wildman–Crippen MR) is 120 cm³/mol. The van der Waals surface area contributed by atoms with E-state index >= 15 is 0 Å². The minimum absolute atomic E-state index is 0.00209. The van der Waals surface area contributed by atoms with Gasteiger partial charge in [0.15, 0.2) is 5.13 Å². The summed E-state index contributed by atoms with van der Waals surface area (Å²) in [6.45, 7) is 1.93. The zero-order chi connectivity index (χ0) is 23.3. The molecule has 3 heterocycles. The van der Waals surface area contributed by atoms with Crippen LogP contribution in [-0.4, -0.2) is 32.8 Å². The fraction of sp³-hybridized carbons (Fsp3) is 0.174. The Bertz CT molecular complexity index is 1330. The van der Waals surface area contributed by atoms with Crippen LogP contribution >= 0.6 is 11.3 Å². The van der Waals surface area contributed by atoms with Gasteiger partial charge >= 0.3 is 5.91 Å². The van der Waals surface area contributed by atoms with Crippen molar-refractivity contribution in [2.75, 3.05) is 4.90 Å². The molecule has 10 heteroatoms. The number of hydrogen-bond acceptors (Lipinski definition) is 8. The Morgan fingerprint density at radius 2 is 2.09 bits per heavy atom. The minimum atomic E-state index is -1.07. The van der Waals surface area contributed by atoms with Crippen molar-refractivity contribution < 1.29 is 24.4 Å². The third-order valence-corrected chi connectivity index (χ3v) is 6.41. The van der Waals surface area contributed by atoms with Gasteiger partial charge in [0.1, 0.15) is 17.6 Å². The lowest BCUT2D eigenvalue weighted by atomic mass is 9.94. The number of ketones is 1. The van der Waals surface area contributed by atoms with E-state index in [-0.39, 0.29) is 28.3 Å². The number of nitro groups is 1. The van der Waals surface area contributed by atoms with E-state index in [9.17, 15) is 24.8 Å². The third-order valence-electron chi connectivity index (χ3n) is 5.64. The summed E-state index contributed by atoms with van der Waals surface area (Å²) < 4.78 is 5.70. The molecule has 5 rings (SSSR count). The summed E-state index contributed by atoms with van der Waals surface area (Å²) in [5.41, 5.74) is 1.22. The van der Waals surface area contributed by atoms with Crippen molar-refractivity contribution in [3.05, 3.63) is 86.4 Å². The number of carbonyl (C=O) groups excluding carboxylic acids is 2. The van der Waals surface area contributed by atoms with Crippen LogP contribution in [0.15, 0.2) is 59.6 Å². The van der Waals surface area contributed by atoms with Crippen molar-refractivity contribution in [1.82, 2.24) is 4.98 Å². The molecule has 2 aliphatic rings. The fourth-order valence-corrected chi connectivity index (χ4v) is 4.88. The molecule has 0 aliphatic carbocycles. The van der Waals surface area contributed by atoms with Crippen molar-refractivity contribution >= 4 is 39.6 Å². The van der Waals surface area contributed by atoms with Crippen molar-refractivity contribution in [3.63, 3.8) is 0 Å². The van der Waals surface area contributed by atoms with Crippen LogP contribution in [0.5, 0.6) is 5.75 Å².